The first-order valence-corrected chi connectivity index (χ1v) is 16.3. The van der Waals surface area contributed by atoms with E-state index in [1.54, 1.807) is 30.3 Å². The number of hydrogen-bond donors (Lipinski definition) is 1. The summed E-state index contributed by atoms with van der Waals surface area (Å²) >= 11 is 13.0. The van der Waals surface area contributed by atoms with Crippen LogP contribution in [0, 0.1) is 0 Å². The number of nitrogens with zero attached hydrogens (tertiary/aromatic N) is 2. The second-order valence-electron chi connectivity index (χ2n) is 10.3. The van der Waals surface area contributed by atoms with Crippen molar-refractivity contribution in [1.82, 2.24) is 10.2 Å². The quantitative estimate of drug-likeness (QED) is 0.294. The minimum atomic E-state index is -3.94. The Morgan fingerprint density at radius 2 is 1.58 bits per heavy atom. The first-order chi connectivity index (χ1) is 20.5. The van der Waals surface area contributed by atoms with Gasteiger partial charge in [-0.05, 0) is 50.6 Å². The molecule has 0 radical (unpaired) electrons. The highest BCUT2D eigenvalue weighted by atomic mass is 35.5. The van der Waals surface area contributed by atoms with Crippen LogP contribution in [0.25, 0.3) is 0 Å². The molecule has 0 saturated carbocycles. The molecular weight excluding hydrogens is 613 g/mol. The van der Waals surface area contributed by atoms with Gasteiger partial charge in [0.25, 0.3) is 0 Å². The average Bonchev–Trinajstić information content (AvgIpc) is 2.98. The van der Waals surface area contributed by atoms with Crippen molar-refractivity contribution in [1.29, 1.82) is 0 Å². The Kier molecular flexibility index (Phi) is 10.8. The summed E-state index contributed by atoms with van der Waals surface area (Å²) in [6, 6.07) is 17.8. The number of sulfonamides is 1. The van der Waals surface area contributed by atoms with Gasteiger partial charge < -0.3 is 19.7 Å². The Bertz CT molecular complexity index is 1530. The number of nitrogens with one attached hydrogen (secondary N) is 1. The molecule has 0 bridgehead atoms. The van der Waals surface area contributed by atoms with E-state index < -0.39 is 28.5 Å². The SMILES string of the molecule is CCS(=O)(=O)N(CC(=O)N(Cc1c(Cl)cccc1Cl)C(Cc1ccccc1)C(=O)NC(C)C)c1ccc2c(c1)OCCO2. The molecule has 0 saturated heterocycles. The molecule has 9 nitrogen and oxygen atoms in total. The normalized spacial score (nSPS) is 13.3. The molecule has 2 amide bonds. The number of halogens is 2. The predicted molar refractivity (Wildman–Crippen MR) is 168 cm³/mol. The molecule has 0 aromatic heterocycles. The van der Waals surface area contributed by atoms with Crippen LogP contribution in [0.15, 0.2) is 66.7 Å². The van der Waals surface area contributed by atoms with Gasteiger partial charge in [-0.2, -0.15) is 0 Å². The van der Waals surface area contributed by atoms with E-state index in [1.807, 2.05) is 44.2 Å². The van der Waals surface area contributed by atoms with Crippen molar-refractivity contribution in [2.75, 3.05) is 29.8 Å². The fourth-order valence-corrected chi connectivity index (χ4v) is 6.27. The van der Waals surface area contributed by atoms with E-state index in [4.69, 9.17) is 32.7 Å². The molecule has 1 aliphatic heterocycles. The summed E-state index contributed by atoms with van der Waals surface area (Å²) in [5.74, 6) is -0.391. The molecule has 0 fully saturated rings. The molecule has 1 unspecified atom stereocenters. The lowest BCUT2D eigenvalue weighted by Gasteiger charge is -2.34. The van der Waals surface area contributed by atoms with Crippen LogP contribution < -0.4 is 19.1 Å². The van der Waals surface area contributed by atoms with E-state index in [-0.39, 0.29) is 36.4 Å². The average molecular weight is 649 g/mol. The minimum Gasteiger partial charge on any atom is -0.486 e. The van der Waals surface area contributed by atoms with Crippen molar-refractivity contribution in [3.8, 4) is 11.5 Å². The number of hydrogen-bond acceptors (Lipinski definition) is 6. The van der Waals surface area contributed by atoms with Crippen LogP contribution in [-0.4, -0.2) is 62.7 Å². The number of carbonyl (C=O) groups is 2. The molecule has 0 aliphatic carbocycles. The molecule has 43 heavy (non-hydrogen) atoms. The molecule has 1 heterocycles. The van der Waals surface area contributed by atoms with Crippen molar-refractivity contribution in [3.63, 3.8) is 0 Å². The number of rotatable bonds is 12. The Hall–Kier alpha value is -3.47. The molecule has 1 atom stereocenters. The second kappa shape index (κ2) is 14.3. The molecule has 1 N–H and O–H groups in total. The third-order valence-electron chi connectivity index (χ3n) is 6.89. The summed E-state index contributed by atoms with van der Waals surface area (Å²) in [6.45, 7) is 5.15. The Morgan fingerprint density at radius 1 is 0.930 bits per heavy atom. The molecule has 12 heteroatoms. The molecule has 0 spiro atoms. The van der Waals surface area contributed by atoms with Crippen LogP contribution >= 0.6 is 23.2 Å². The lowest BCUT2D eigenvalue weighted by atomic mass is 10.0. The van der Waals surface area contributed by atoms with E-state index in [9.17, 15) is 18.0 Å². The topological polar surface area (TPSA) is 105 Å². The summed E-state index contributed by atoms with van der Waals surface area (Å²) in [5.41, 5.74) is 1.50. The Balaban J connectivity index is 1.78. The highest BCUT2D eigenvalue weighted by Gasteiger charge is 2.35. The smallest absolute Gasteiger partial charge is 0.244 e. The standard InChI is InChI=1S/C31H35Cl2N3O6S/c1-4-43(39,40)36(23-13-14-28-29(18-23)42-16-15-41-28)20-30(37)35(19-24-25(32)11-8-12-26(24)33)27(31(38)34-21(2)3)17-22-9-6-5-7-10-22/h5-14,18,21,27H,4,15-17,19-20H2,1-3H3,(H,34,38). The third kappa shape index (κ3) is 8.13. The van der Waals surface area contributed by atoms with Gasteiger partial charge in [0.15, 0.2) is 11.5 Å². The van der Waals surface area contributed by atoms with Gasteiger partial charge in [0, 0.05) is 40.7 Å². The second-order valence-corrected chi connectivity index (χ2v) is 13.3. The van der Waals surface area contributed by atoms with Gasteiger partial charge in [0.1, 0.15) is 25.8 Å². The lowest BCUT2D eigenvalue weighted by molar-refractivity contribution is -0.140. The number of anilines is 1. The molecule has 4 rings (SSSR count). The van der Waals surface area contributed by atoms with Gasteiger partial charge in [0.2, 0.25) is 21.8 Å². The summed E-state index contributed by atoms with van der Waals surface area (Å²) in [7, 11) is -3.94. The van der Waals surface area contributed by atoms with Gasteiger partial charge >= 0.3 is 0 Å². The van der Waals surface area contributed by atoms with Crippen LogP contribution in [0.5, 0.6) is 11.5 Å². The predicted octanol–water partition coefficient (Wildman–Crippen LogP) is 5.09. The minimum absolute atomic E-state index is 0.124. The van der Waals surface area contributed by atoms with E-state index in [2.05, 4.69) is 5.32 Å². The van der Waals surface area contributed by atoms with Gasteiger partial charge in [-0.25, -0.2) is 8.42 Å². The first kappa shape index (κ1) is 32.4. The zero-order chi connectivity index (χ0) is 31.1. The summed E-state index contributed by atoms with van der Waals surface area (Å²) in [4.78, 5) is 29.4. The fraction of sp³-hybridized carbons (Fsp3) is 0.355. The van der Waals surface area contributed by atoms with Crippen LogP contribution in [-0.2, 0) is 32.6 Å². The fourth-order valence-electron chi connectivity index (χ4n) is 4.70. The molecular formula is C31H35Cl2N3O6S. The largest absolute Gasteiger partial charge is 0.486 e. The molecule has 3 aromatic rings. The number of amides is 2. The van der Waals surface area contributed by atoms with Crippen LogP contribution in [0.1, 0.15) is 31.9 Å². The highest BCUT2D eigenvalue weighted by Crippen LogP contribution is 2.35. The van der Waals surface area contributed by atoms with Gasteiger partial charge in [-0.15, -0.1) is 0 Å². The number of fused-ring (bicyclic) bond motifs is 1. The van der Waals surface area contributed by atoms with Gasteiger partial charge in [0.05, 0.1) is 11.4 Å². The summed E-state index contributed by atoms with van der Waals surface area (Å²) < 4.78 is 39.1. The van der Waals surface area contributed by atoms with E-state index in [1.165, 1.54) is 17.9 Å². The molecule has 1 aliphatic rings. The van der Waals surface area contributed by atoms with Crippen molar-refractivity contribution in [2.24, 2.45) is 0 Å². The zero-order valence-electron chi connectivity index (χ0n) is 24.3. The van der Waals surface area contributed by atoms with Gasteiger partial charge in [-0.1, -0.05) is 59.6 Å². The maximum atomic E-state index is 14.3. The van der Waals surface area contributed by atoms with E-state index in [0.717, 1.165) is 9.87 Å². The zero-order valence-corrected chi connectivity index (χ0v) is 26.6. The van der Waals surface area contributed by atoms with Crippen LogP contribution in [0.4, 0.5) is 5.69 Å². The number of carbonyl (C=O) groups excluding carboxylic acids is 2. The van der Waals surface area contributed by atoms with E-state index >= 15 is 0 Å². The first-order valence-electron chi connectivity index (χ1n) is 14.0. The Morgan fingerprint density at radius 3 is 2.21 bits per heavy atom. The molecule has 3 aromatic carbocycles. The van der Waals surface area contributed by atoms with Crippen molar-refractivity contribution < 1.29 is 27.5 Å². The lowest BCUT2D eigenvalue weighted by Crippen LogP contribution is -2.54. The van der Waals surface area contributed by atoms with Crippen molar-refractivity contribution in [3.05, 3.63) is 87.9 Å². The van der Waals surface area contributed by atoms with Crippen LogP contribution in [0.3, 0.4) is 0 Å². The summed E-state index contributed by atoms with van der Waals surface area (Å²) in [6.07, 6.45) is 0.178. The summed E-state index contributed by atoms with van der Waals surface area (Å²) in [5, 5.41) is 3.55. The van der Waals surface area contributed by atoms with E-state index in [0.29, 0.717) is 40.3 Å². The maximum Gasteiger partial charge on any atom is 0.244 e. The monoisotopic (exact) mass is 647 g/mol. The van der Waals surface area contributed by atoms with Crippen LogP contribution in [0.2, 0.25) is 10.0 Å². The highest BCUT2D eigenvalue weighted by molar-refractivity contribution is 7.92. The van der Waals surface area contributed by atoms with Crippen molar-refractivity contribution >= 4 is 50.7 Å². The molecule has 230 valence electrons. The number of ether oxygens (including phenoxy) is 2. The number of benzene rings is 3. The van der Waals surface area contributed by atoms with Gasteiger partial charge in [-0.3, -0.25) is 13.9 Å². The maximum absolute atomic E-state index is 14.3. The third-order valence-corrected chi connectivity index (χ3v) is 9.33. The van der Waals surface area contributed by atoms with Crippen molar-refractivity contribution in [2.45, 2.75) is 45.8 Å². The Labute approximate surface area is 262 Å².